The third-order valence-corrected chi connectivity index (χ3v) is 5.38. The first-order chi connectivity index (χ1) is 9.61. The molecule has 1 nitrogen and oxygen atoms in total. The zero-order chi connectivity index (χ0) is 14.1. The minimum absolute atomic E-state index is 0.138. The lowest BCUT2D eigenvalue weighted by Crippen LogP contribution is -2.41. The van der Waals surface area contributed by atoms with Crippen LogP contribution in [-0.2, 0) is 0 Å². The number of nitrogens with one attached hydrogen (secondary N) is 1. The van der Waals surface area contributed by atoms with Crippen molar-refractivity contribution in [3.05, 3.63) is 57.0 Å². The Morgan fingerprint density at radius 3 is 2.75 bits per heavy atom. The van der Waals surface area contributed by atoms with E-state index in [0.717, 1.165) is 22.7 Å². The maximum absolute atomic E-state index is 13.2. The molecule has 1 aromatic heterocycles. The Morgan fingerprint density at radius 2 is 2.10 bits per heavy atom. The van der Waals surface area contributed by atoms with Crippen molar-refractivity contribution in [3.63, 3.8) is 0 Å². The standard InChI is InChI=1S/C16H17ClFNS/c1-10(15-5-6-16(17)20-15)19-14-8-12(9-14)11-3-2-4-13(18)7-11/h2-7,10,12,14,19H,8-9H2,1H3. The molecule has 0 spiro atoms. The Labute approximate surface area is 127 Å². The SMILES string of the molecule is CC(NC1CC(c2cccc(F)c2)C1)c1ccc(Cl)s1. The highest BCUT2D eigenvalue weighted by atomic mass is 35.5. The summed E-state index contributed by atoms with van der Waals surface area (Å²) in [5, 5.41) is 3.62. The van der Waals surface area contributed by atoms with Gasteiger partial charge in [0.25, 0.3) is 0 Å². The van der Waals surface area contributed by atoms with Gasteiger partial charge in [-0.1, -0.05) is 23.7 Å². The van der Waals surface area contributed by atoms with Crippen LogP contribution in [0.15, 0.2) is 36.4 Å². The molecule has 0 aliphatic heterocycles. The van der Waals surface area contributed by atoms with Crippen LogP contribution in [0, 0.1) is 5.82 Å². The summed E-state index contributed by atoms with van der Waals surface area (Å²) in [5.74, 6) is 0.350. The fraction of sp³-hybridized carbons (Fsp3) is 0.375. The Hall–Kier alpha value is -0.900. The molecule has 1 N–H and O–H groups in total. The fourth-order valence-electron chi connectivity index (χ4n) is 2.78. The predicted octanol–water partition coefficient (Wildman–Crippen LogP) is 5.14. The topological polar surface area (TPSA) is 12.0 Å². The molecule has 20 heavy (non-hydrogen) atoms. The summed E-state index contributed by atoms with van der Waals surface area (Å²) in [7, 11) is 0. The van der Waals surface area contributed by atoms with Gasteiger partial charge in [-0.05, 0) is 55.5 Å². The zero-order valence-corrected chi connectivity index (χ0v) is 12.8. The summed E-state index contributed by atoms with van der Waals surface area (Å²) in [4.78, 5) is 1.27. The van der Waals surface area contributed by atoms with Crippen LogP contribution < -0.4 is 5.32 Å². The third kappa shape index (κ3) is 3.05. The van der Waals surface area contributed by atoms with Crippen LogP contribution >= 0.6 is 22.9 Å². The number of halogens is 2. The number of hydrogen-bond donors (Lipinski definition) is 1. The zero-order valence-electron chi connectivity index (χ0n) is 11.3. The van der Waals surface area contributed by atoms with E-state index in [0.29, 0.717) is 18.0 Å². The molecule has 106 valence electrons. The summed E-state index contributed by atoms with van der Waals surface area (Å²) in [6.07, 6.45) is 2.15. The van der Waals surface area contributed by atoms with E-state index in [1.165, 1.54) is 10.9 Å². The Kier molecular flexibility index (Phi) is 4.11. The largest absolute Gasteiger partial charge is 0.307 e. The maximum Gasteiger partial charge on any atom is 0.123 e. The van der Waals surface area contributed by atoms with Crippen molar-refractivity contribution in [2.45, 2.75) is 37.8 Å². The number of benzene rings is 1. The summed E-state index contributed by atoms with van der Waals surface area (Å²) in [6, 6.07) is 11.8. The molecular formula is C16H17ClFNS. The van der Waals surface area contributed by atoms with Crippen molar-refractivity contribution in [1.29, 1.82) is 0 Å². The van der Waals surface area contributed by atoms with Crippen molar-refractivity contribution in [2.24, 2.45) is 0 Å². The van der Waals surface area contributed by atoms with Crippen LogP contribution in [0.3, 0.4) is 0 Å². The molecule has 1 aliphatic carbocycles. The average Bonchev–Trinajstić information content (AvgIpc) is 2.80. The summed E-state index contributed by atoms with van der Waals surface area (Å²) < 4.78 is 14.0. The molecule has 1 heterocycles. The van der Waals surface area contributed by atoms with Crippen LogP contribution in [0.25, 0.3) is 0 Å². The van der Waals surface area contributed by atoms with Crippen LogP contribution in [0.1, 0.15) is 42.2 Å². The Bertz CT molecular complexity index is 592. The monoisotopic (exact) mass is 309 g/mol. The van der Waals surface area contributed by atoms with Crippen LogP contribution in [0.4, 0.5) is 4.39 Å². The van der Waals surface area contributed by atoms with Crippen molar-refractivity contribution in [3.8, 4) is 0 Å². The molecule has 1 aromatic carbocycles. The molecule has 0 amide bonds. The van der Waals surface area contributed by atoms with E-state index < -0.39 is 0 Å². The number of thiophene rings is 1. The molecule has 1 aliphatic rings. The highest BCUT2D eigenvalue weighted by molar-refractivity contribution is 7.16. The smallest absolute Gasteiger partial charge is 0.123 e. The van der Waals surface area contributed by atoms with E-state index in [-0.39, 0.29) is 5.82 Å². The molecule has 3 rings (SSSR count). The highest BCUT2D eigenvalue weighted by Gasteiger charge is 2.31. The predicted molar refractivity (Wildman–Crippen MR) is 83.0 cm³/mol. The molecule has 1 unspecified atom stereocenters. The minimum Gasteiger partial charge on any atom is -0.307 e. The molecule has 2 aromatic rings. The van der Waals surface area contributed by atoms with Crippen LogP contribution in [0.5, 0.6) is 0 Å². The molecule has 0 radical (unpaired) electrons. The first-order valence-corrected chi connectivity index (χ1v) is 8.08. The van der Waals surface area contributed by atoms with Crippen molar-refractivity contribution < 1.29 is 4.39 Å². The van der Waals surface area contributed by atoms with Gasteiger partial charge in [0, 0.05) is 17.0 Å². The van der Waals surface area contributed by atoms with Crippen molar-refractivity contribution in [1.82, 2.24) is 5.32 Å². The second kappa shape index (κ2) is 5.84. The van der Waals surface area contributed by atoms with E-state index in [1.54, 1.807) is 23.5 Å². The van der Waals surface area contributed by atoms with Gasteiger partial charge in [-0.25, -0.2) is 4.39 Å². The quantitative estimate of drug-likeness (QED) is 0.825. The van der Waals surface area contributed by atoms with Gasteiger partial charge in [0.15, 0.2) is 0 Å². The lowest BCUT2D eigenvalue weighted by Gasteiger charge is -2.38. The Morgan fingerprint density at radius 1 is 1.30 bits per heavy atom. The molecule has 1 saturated carbocycles. The number of rotatable bonds is 4. The van der Waals surface area contributed by atoms with Gasteiger partial charge >= 0.3 is 0 Å². The third-order valence-electron chi connectivity index (χ3n) is 3.96. The fourth-order valence-corrected chi connectivity index (χ4v) is 3.86. The van der Waals surface area contributed by atoms with E-state index in [2.05, 4.69) is 18.3 Å². The van der Waals surface area contributed by atoms with Gasteiger partial charge in [-0.2, -0.15) is 0 Å². The van der Waals surface area contributed by atoms with Gasteiger partial charge in [0.05, 0.1) is 4.34 Å². The van der Waals surface area contributed by atoms with Gasteiger partial charge in [0.2, 0.25) is 0 Å². The minimum atomic E-state index is -0.138. The molecule has 1 fully saturated rings. The molecule has 1 atom stereocenters. The highest BCUT2D eigenvalue weighted by Crippen LogP contribution is 2.38. The second-order valence-electron chi connectivity index (χ2n) is 5.45. The summed E-state index contributed by atoms with van der Waals surface area (Å²) in [5.41, 5.74) is 1.12. The maximum atomic E-state index is 13.2. The van der Waals surface area contributed by atoms with E-state index in [4.69, 9.17) is 11.6 Å². The van der Waals surface area contributed by atoms with E-state index in [1.807, 2.05) is 12.1 Å². The van der Waals surface area contributed by atoms with Crippen LogP contribution in [0.2, 0.25) is 4.34 Å². The lowest BCUT2D eigenvalue weighted by molar-refractivity contribution is 0.271. The molecule has 0 saturated heterocycles. The van der Waals surface area contributed by atoms with E-state index >= 15 is 0 Å². The normalized spacial score (nSPS) is 23.4. The summed E-state index contributed by atoms with van der Waals surface area (Å²) >= 11 is 7.59. The van der Waals surface area contributed by atoms with Crippen LogP contribution in [-0.4, -0.2) is 6.04 Å². The van der Waals surface area contributed by atoms with Gasteiger partial charge in [-0.15, -0.1) is 11.3 Å². The van der Waals surface area contributed by atoms with Gasteiger partial charge < -0.3 is 5.32 Å². The molecule has 4 heteroatoms. The average molecular weight is 310 g/mol. The summed E-state index contributed by atoms with van der Waals surface area (Å²) in [6.45, 7) is 2.16. The van der Waals surface area contributed by atoms with Gasteiger partial charge in [-0.3, -0.25) is 0 Å². The van der Waals surface area contributed by atoms with Crippen molar-refractivity contribution in [2.75, 3.05) is 0 Å². The molecule has 0 bridgehead atoms. The first-order valence-electron chi connectivity index (χ1n) is 6.88. The lowest BCUT2D eigenvalue weighted by atomic mass is 9.75. The number of hydrogen-bond acceptors (Lipinski definition) is 2. The van der Waals surface area contributed by atoms with Gasteiger partial charge in [0.1, 0.15) is 5.82 Å². The first kappa shape index (κ1) is 14.1. The Balaban J connectivity index is 1.53. The second-order valence-corrected chi connectivity index (χ2v) is 7.20. The molecular weight excluding hydrogens is 293 g/mol. The van der Waals surface area contributed by atoms with E-state index in [9.17, 15) is 4.39 Å². The van der Waals surface area contributed by atoms with Crippen molar-refractivity contribution >= 4 is 22.9 Å².